The monoisotopic (exact) mass is 350 g/mol. The number of rotatable bonds is 9. The minimum atomic E-state index is -4.23. The molecule has 0 atom stereocenters. The maximum atomic E-state index is 11.6. The van der Waals surface area contributed by atoms with Gasteiger partial charge in [-0.1, -0.05) is 0 Å². The third-order valence-corrected chi connectivity index (χ3v) is 2.89. The zero-order valence-electron chi connectivity index (χ0n) is 12.5. The van der Waals surface area contributed by atoms with Gasteiger partial charge >= 0.3 is 13.6 Å². The third kappa shape index (κ3) is 7.24. The van der Waals surface area contributed by atoms with Crippen molar-refractivity contribution in [2.75, 3.05) is 37.6 Å². The number of nitrogens with zero attached hydrogens (tertiary/aromatic N) is 2. The number of carbonyl (C=O) groups is 1. The van der Waals surface area contributed by atoms with E-state index in [2.05, 4.69) is 9.97 Å². The Kier molecular flexibility index (Phi) is 7.17. The van der Waals surface area contributed by atoms with Crippen LogP contribution in [0.15, 0.2) is 0 Å². The molecule has 0 aliphatic carbocycles. The van der Waals surface area contributed by atoms with Gasteiger partial charge in [0, 0.05) is 0 Å². The van der Waals surface area contributed by atoms with Gasteiger partial charge in [0.25, 0.3) is 0 Å². The molecule has 0 aliphatic heterocycles. The Morgan fingerprint density at radius 1 is 1.26 bits per heavy atom. The standard InChI is InChI=1S/C11H19N4O7P/c1-2-21-8(16)5-7-9(12)14-11(13)15-10(7)22-4-3-20-6-23(17,18)19/h2-6H2,1H3,(H2,17,18,19)(H4,12,13,14,15). The number of anilines is 2. The molecular formula is C11H19N4O7P. The van der Waals surface area contributed by atoms with Crippen molar-refractivity contribution < 1.29 is 33.4 Å². The van der Waals surface area contributed by atoms with Crippen LogP contribution in [0.3, 0.4) is 0 Å². The van der Waals surface area contributed by atoms with Crippen molar-refractivity contribution in [3.8, 4) is 5.88 Å². The van der Waals surface area contributed by atoms with Gasteiger partial charge in [-0.2, -0.15) is 9.97 Å². The first-order valence-corrected chi connectivity index (χ1v) is 8.35. The van der Waals surface area contributed by atoms with Crippen molar-refractivity contribution in [2.24, 2.45) is 0 Å². The molecule has 0 radical (unpaired) electrons. The van der Waals surface area contributed by atoms with Crippen LogP contribution in [-0.4, -0.2) is 51.9 Å². The molecule has 11 nitrogen and oxygen atoms in total. The fraction of sp³-hybridized carbons (Fsp3) is 0.545. The number of esters is 1. The second-order valence-corrected chi connectivity index (χ2v) is 5.87. The Morgan fingerprint density at radius 3 is 2.57 bits per heavy atom. The number of hydrogen-bond donors (Lipinski definition) is 4. The van der Waals surface area contributed by atoms with E-state index in [-0.39, 0.29) is 49.5 Å². The molecule has 1 aromatic heterocycles. The zero-order valence-corrected chi connectivity index (χ0v) is 13.4. The number of nitrogen functional groups attached to an aromatic ring is 2. The SMILES string of the molecule is CCOC(=O)Cc1c(N)nc(N)nc1OCCOCP(=O)(O)O. The van der Waals surface area contributed by atoms with E-state index in [0.29, 0.717) is 0 Å². The first-order valence-electron chi connectivity index (χ1n) is 6.55. The van der Waals surface area contributed by atoms with Crippen molar-refractivity contribution in [3.05, 3.63) is 5.56 Å². The van der Waals surface area contributed by atoms with Crippen LogP contribution in [0.5, 0.6) is 5.88 Å². The molecule has 0 amide bonds. The van der Waals surface area contributed by atoms with Crippen LogP contribution in [-0.2, 0) is 25.3 Å². The molecule has 0 aromatic carbocycles. The lowest BCUT2D eigenvalue weighted by Crippen LogP contribution is -2.16. The first-order chi connectivity index (χ1) is 10.7. The Morgan fingerprint density at radius 2 is 1.96 bits per heavy atom. The van der Waals surface area contributed by atoms with Gasteiger partial charge in [-0.25, -0.2) is 0 Å². The highest BCUT2D eigenvalue weighted by Crippen LogP contribution is 2.33. The lowest BCUT2D eigenvalue weighted by molar-refractivity contribution is -0.142. The number of hydrogen-bond acceptors (Lipinski definition) is 9. The Labute approximate surface area is 132 Å². The van der Waals surface area contributed by atoms with Crippen molar-refractivity contribution in [1.29, 1.82) is 0 Å². The fourth-order valence-corrected chi connectivity index (χ4v) is 1.89. The third-order valence-electron chi connectivity index (χ3n) is 2.37. The van der Waals surface area contributed by atoms with E-state index in [1.165, 1.54) is 0 Å². The molecule has 1 heterocycles. The van der Waals surface area contributed by atoms with Crippen LogP contribution in [0, 0.1) is 0 Å². The average molecular weight is 350 g/mol. The van der Waals surface area contributed by atoms with Gasteiger partial charge in [0.15, 0.2) is 0 Å². The van der Waals surface area contributed by atoms with E-state index in [0.717, 1.165) is 0 Å². The normalized spacial score (nSPS) is 11.3. The molecule has 0 saturated carbocycles. The Hall–Kier alpha value is -1.94. The molecular weight excluding hydrogens is 331 g/mol. The van der Waals surface area contributed by atoms with E-state index >= 15 is 0 Å². The first kappa shape index (κ1) is 19.1. The van der Waals surface area contributed by atoms with E-state index in [1.54, 1.807) is 6.92 Å². The molecule has 12 heteroatoms. The molecule has 130 valence electrons. The second kappa shape index (κ2) is 8.63. The van der Waals surface area contributed by atoms with Crippen molar-refractivity contribution in [3.63, 3.8) is 0 Å². The summed E-state index contributed by atoms with van der Waals surface area (Å²) in [5, 5.41) is 0. The van der Waals surface area contributed by atoms with Gasteiger partial charge in [-0.15, -0.1) is 0 Å². The quantitative estimate of drug-likeness (QED) is 0.250. The largest absolute Gasteiger partial charge is 0.475 e. The van der Waals surface area contributed by atoms with Crippen molar-refractivity contribution in [2.45, 2.75) is 13.3 Å². The molecule has 0 saturated heterocycles. The van der Waals surface area contributed by atoms with E-state index in [4.69, 9.17) is 35.5 Å². The topological polar surface area (TPSA) is 180 Å². The predicted molar refractivity (Wildman–Crippen MR) is 79.6 cm³/mol. The number of nitrogens with two attached hydrogens (primary N) is 2. The molecule has 0 aliphatic rings. The molecule has 1 aromatic rings. The fourth-order valence-electron chi connectivity index (χ4n) is 1.52. The lowest BCUT2D eigenvalue weighted by Gasteiger charge is -2.12. The molecule has 0 spiro atoms. The van der Waals surface area contributed by atoms with Crippen LogP contribution >= 0.6 is 7.60 Å². The van der Waals surface area contributed by atoms with E-state index < -0.39 is 19.9 Å². The number of carbonyl (C=O) groups excluding carboxylic acids is 1. The summed E-state index contributed by atoms with van der Waals surface area (Å²) in [6.45, 7) is 1.69. The second-order valence-electron chi connectivity index (χ2n) is 4.28. The van der Waals surface area contributed by atoms with Gasteiger partial charge in [-0.3, -0.25) is 9.36 Å². The maximum Gasteiger partial charge on any atom is 0.350 e. The van der Waals surface area contributed by atoms with Crippen LogP contribution < -0.4 is 16.2 Å². The number of ether oxygens (including phenoxy) is 3. The molecule has 23 heavy (non-hydrogen) atoms. The molecule has 0 unspecified atom stereocenters. The lowest BCUT2D eigenvalue weighted by atomic mass is 10.2. The van der Waals surface area contributed by atoms with Crippen LogP contribution in [0.1, 0.15) is 12.5 Å². The summed E-state index contributed by atoms with van der Waals surface area (Å²) in [5.41, 5.74) is 11.4. The summed E-state index contributed by atoms with van der Waals surface area (Å²) in [4.78, 5) is 36.4. The predicted octanol–water partition coefficient (Wildman–Crippen LogP) is -0.723. The van der Waals surface area contributed by atoms with Crippen LogP contribution in [0.4, 0.5) is 11.8 Å². The molecule has 6 N–H and O–H groups in total. The van der Waals surface area contributed by atoms with Crippen LogP contribution in [0.2, 0.25) is 0 Å². The Bertz CT molecular complexity index is 592. The molecule has 0 fully saturated rings. The Balaban J connectivity index is 2.68. The minimum absolute atomic E-state index is 0.0113. The average Bonchev–Trinajstić information content (AvgIpc) is 2.41. The summed E-state index contributed by atoms with van der Waals surface area (Å²) in [7, 11) is -4.23. The van der Waals surface area contributed by atoms with E-state index in [9.17, 15) is 9.36 Å². The van der Waals surface area contributed by atoms with Gasteiger partial charge in [0.1, 0.15) is 18.8 Å². The summed E-state index contributed by atoms with van der Waals surface area (Å²) in [5.74, 6) is -0.698. The van der Waals surface area contributed by atoms with Gasteiger partial charge in [0.2, 0.25) is 11.8 Å². The van der Waals surface area contributed by atoms with Gasteiger partial charge in [0.05, 0.1) is 25.2 Å². The summed E-state index contributed by atoms with van der Waals surface area (Å²) >= 11 is 0. The van der Waals surface area contributed by atoms with Gasteiger partial charge in [-0.05, 0) is 6.92 Å². The minimum Gasteiger partial charge on any atom is -0.475 e. The summed E-state index contributed by atoms with van der Waals surface area (Å²) < 4.78 is 25.5. The highest BCUT2D eigenvalue weighted by Gasteiger charge is 2.18. The summed E-state index contributed by atoms with van der Waals surface area (Å²) in [6.07, 6.45) is -0.918. The zero-order chi connectivity index (χ0) is 17.5. The highest BCUT2D eigenvalue weighted by molar-refractivity contribution is 7.51. The van der Waals surface area contributed by atoms with Gasteiger partial charge < -0.3 is 35.5 Å². The smallest absolute Gasteiger partial charge is 0.350 e. The summed E-state index contributed by atoms with van der Waals surface area (Å²) in [6, 6.07) is 0. The van der Waals surface area contributed by atoms with Crippen molar-refractivity contribution in [1.82, 2.24) is 9.97 Å². The van der Waals surface area contributed by atoms with Crippen molar-refractivity contribution >= 4 is 25.3 Å². The number of aromatic nitrogens is 2. The molecule has 1 rings (SSSR count). The maximum absolute atomic E-state index is 11.6. The van der Waals surface area contributed by atoms with Crippen LogP contribution in [0.25, 0.3) is 0 Å². The molecule has 0 bridgehead atoms. The highest BCUT2D eigenvalue weighted by atomic mass is 31.2. The van der Waals surface area contributed by atoms with E-state index in [1.807, 2.05) is 0 Å².